The molecule has 1 fully saturated rings. The van der Waals surface area contributed by atoms with Gasteiger partial charge in [-0.25, -0.2) is 0 Å². The lowest BCUT2D eigenvalue weighted by Crippen LogP contribution is -2.48. The number of ether oxygens (including phenoxy) is 1. The van der Waals surface area contributed by atoms with Crippen LogP contribution in [0, 0.1) is 17.8 Å². The summed E-state index contributed by atoms with van der Waals surface area (Å²) in [5, 5.41) is 9.32. The number of nitrogens with zero attached hydrogens (tertiary/aromatic N) is 1. The summed E-state index contributed by atoms with van der Waals surface area (Å²) in [6.45, 7) is 2.68. The van der Waals surface area contributed by atoms with Crippen LogP contribution < -0.4 is 4.74 Å². The Kier molecular flexibility index (Phi) is 4.71. The molecule has 1 unspecified atom stereocenters. The van der Waals surface area contributed by atoms with Gasteiger partial charge in [-0.1, -0.05) is 5.92 Å². The van der Waals surface area contributed by atoms with Crippen LogP contribution in [0.15, 0.2) is 24.3 Å². The van der Waals surface area contributed by atoms with Crippen LogP contribution in [0.1, 0.15) is 30.1 Å². The predicted octanol–water partition coefficient (Wildman–Crippen LogP) is 2.03. The van der Waals surface area contributed by atoms with E-state index in [-0.39, 0.29) is 19.1 Å². The molecule has 1 saturated heterocycles. The van der Waals surface area contributed by atoms with E-state index in [0.29, 0.717) is 30.7 Å². The Labute approximate surface area is 129 Å². The summed E-state index contributed by atoms with van der Waals surface area (Å²) in [6, 6.07) is 6.71. The average Bonchev–Trinajstić information content (AvgIpc) is 2.52. The van der Waals surface area contributed by atoms with Gasteiger partial charge in [0.05, 0.1) is 5.41 Å². The number of carbonyl (C=O) groups excluding carboxylic acids is 1. The first-order valence-electron chi connectivity index (χ1n) is 7.15. The van der Waals surface area contributed by atoms with Gasteiger partial charge in [-0.15, -0.1) is 6.42 Å². The second kappa shape index (κ2) is 6.52. The third kappa shape index (κ3) is 3.40. The number of hydrogen-bond acceptors (Lipinski definition) is 3. The van der Waals surface area contributed by atoms with E-state index < -0.39 is 11.4 Å². The van der Waals surface area contributed by atoms with Crippen LogP contribution in [-0.2, 0) is 4.79 Å². The number of carboxylic acids is 1. The number of likely N-dealkylation sites (tertiary alicyclic amines) is 1. The van der Waals surface area contributed by atoms with Crippen LogP contribution in [0.25, 0.3) is 0 Å². The molecular formula is C17H19NO4. The highest BCUT2D eigenvalue weighted by atomic mass is 16.5. The lowest BCUT2D eigenvalue weighted by atomic mass is 9.82. The van der Waals surface area contributed by atoms with Crippen molar-refractivity contribution in [3.63, 3.8) is 0 Å². The van der Waals surface area contributed by atoms with Crippen molar-refractivity contribution in [2.45, 2.75) is 19.8 Å². The Hall–Kier alpha value is -2.48. The highest BCUT2D eigenvalue weighted by molar-refractivity contribution is 5.94. The van der Waals surface area contributed by atoms with Crippen molar-refractivity contribution in [2.24, 2.45) is 5.41 Å². The number of carbonyl (C=O) groups is 2. The third-order valence-corrected chi connectivity index (χ3v) is 3.92. The standard InChI is InChI=1S/C17H19NO4/c1-3-11-22-14-7-5-13(6-8-14)15(19)18-10-4-9-17(2,12-18)16(20)21/h1,5-8H,4,9-12H2,2H3,(H,20,21). The lowest BCUT2D eigenvalue weighted by molar-refractivity contribution is -0.150. The largest absolute Gasteiger partial charge is 0.481 e. The van der Waals surface area contributed by atoms with E-state index in [1.54, 1.807) is 36.1 Å². The molecule has 1 amide bonds. The minimum Gasteiger partial charge on any atom is -0.481 e. The summed E-state index contributed by atoms with van der Waals surface area (Å²) in [5.74, 6) is 1.96. The molecule has 0 saturated carbocycles. The summed E-state index contributed by atoms with van der Waals surface area (Å²) in [7, 11) is 0. The fourth-order valence-electron chi connectivity index (χ4n) is 2.59. The molecule has 0 radical (unpaired) electrons. The van der Waals surface area contributed by atoms with Gasteiger partial charge in [-0.3, -0.25) is 9.59 Å². The van der Waals surface area contributed by atoms with Crippen molar-refractivity contribution < 1.29 is 19.4 Å². The number of carboxylic acid groups (broad SMARTS) is 1. The van der Waals surface area contributed by atoms with Crippen LogP contribution in [0.5, 0.6) is 5.75 Å². The van der Waals surface area contributed by atoms with Gasteiger partial charge in [0.2, 0.25) is 0 Å². The van der Waals surface area contributed by atoms with Crippen LogP contribution in [0.3, 0.4) is 0 Å². The van der Waals surface area contributed by atoms with Crippen molar-refractivity contribution in [3.8, 4) is 18.1 Å². The molecule has 1 aromatic carbocycles. The zero-order chi connectivity index (χ0) is 16.2. The van der Waals surface area contributed by atoms with E-state index in [1.807, 2.05) is 0 Å². The fraction of sp³-hybridized carbons (Fsp3) is 0.412. The molecule has 5 heteroatoms. The average molecular weight is 301 g/mol. The Bertz CT molecular complexity index is 602. The number of hydrogen-bond donors (Lipinski definition) is 1. The molecule has 1 aliphatic heterocycles. The first-order valence-corrected chi connectivity index (χ1v) is 7.15. The number of aliphatic carboxylic acids is 1. The molecule has 1 aromatic rings. The Morgan fingerprint density at radius 2 is 2.09 bits per heavy atom. The first-order chi connectivity index (χ1) is 10.5. The number of benzene rings is 1. The van der Waals surface area contributed by atoms with Gasteiger partial charge in [0.1, 0.15) is 12.4 Å². The maximum absolute atomic E-state index is 12.5. The molecule has 116 valence electrons. The van der Waals surface area contributed by atoms with Crippen LogP contribution >= 0.6 is 0 Å². The number of rotatable bonds is 4. The monoisotopic (exact) mass is 301 g/mol. The summed E-state index contributed by atoms with van der Waals surface area (Å²) < 4.78 is 5.26. The topological polar surface area (TPSA) is 66.8 Å². The van der Waals surface area contributed by atoms with Gasteiger partial charge in [0.15, 0.2) is 0 Å². The van der Waals surface area contributed by atoms with Crippen LogP contribution in [0.4, 0.5) is 0 Å². The SMILES string of the molecule is C#CCOc1ccc(C(=O)N2CCCC(C)(C(=O)O)C2)cc1. The number of piperidine rings is 1. The van der Waals surface area contributed by atoms with Gasteiger partial charge in [0.25, 0.3) is 5.91 Å². The maximum atomic E-state index is 12.5. The van der Waals surface area contributed by atoms with Gasteiger partial charge < -0.3 is 14.7 Å². The molecule has 0 aromatic heterocycles. The summed E-state index contributed by atoms with van der Waals surface area (Å²) in [4.78, 5) is 25.5. The summed E-state index contributed by atoms with van der Waals surface area (Å²) in [6.07, 6.45) is 6.40. The Morgan fingerprint density at radius 1 is 1.41 bits per heavy atom. The normalized spacial score (nSPS) is 21.0. The predicted molar refractivity (Wildman–Crippen MR) is 81.7 cm³/mol. The van der Waals surface area contributed by atoms with E-state index in [2.05, 4.69) is 5.92 Å². The van der Waals surface area contributed by atoms with Gasteiger partial charge in [0, 0.05) is 18.7 Å². The van der Waals surface area contributed by atoms with E-state index in [4.69, 9.17) is 11.2 Å². The summed E-state index contributed by atoms with van der Waals surface area (Å²) in [5.41, 5.74) is -0.355. The third-order valence-electron chi connectivity index (χ3n) is 3.92. The van der Waals surface area contributed by atoms with Crippen molar-refractivity contribution in [2.75, 3.05) is 19.7 Å². The molecule has 0 aliphatic carbocycles. The molecule has 1 heterocycles. The molecule has 0 spiro atoms. The van der Waals surface area contributed by atoms with E-state index in [0.717, 1.165) is 0 Å². The Balaban J connectivity index is 2.08. The van der Waals surface area contributed by atoms with Crippen LogP contribution in [0.2, 0.25) is 0 Å². The van der Waals surface area contributed by atoms with Crippen molar-refractivity contribution in [1.82, 2.24) is 4.90 Å². The zero-order valence-electron chi connectivity index (χ0n) is 12.5. The maximum Gasteiger partial charge on any atom is 0.311 e. The minimum atomic E-state index is -0.871. The van der Waals surface area contributed by atoms with E-state index >= 15 is 0 Å². The second-order valence-corrected chi connectivity index (χ2v) is 5.71. The molecule has 5 nitrogen and oxygen atoms in total. The second-order valence-electron chi connectivity index (χ2n) is 5.71. The smallest absolute Gasteiger partial charge is 0.311 e. The zero-order valence-corrected chi connectivity index (χ0v) is 12.5. The van der Waals surface area contributed by atoms with Gasteiger partial charge in [-0.2, -0.15) is 0 Å². The van der Waals surface area contributed by atoms with E-state index in [1.165, 1.54) is 0 Å². The Morgan fingerprint density at radius 3 is 2.68 bits per heavy atom. The first kappa shape index (κ1) is 15.9. The molecule has 0 bridgehead atoms. The molecule has 22 heavy (non-hydrogen) atoms. The molecule has 1 aliphatic rings. The fourth-order valence-corrected chi connectivity index (χ4v) is 2.59. The van der Waals surface area contributed by atoms with Gasteiger partial charge >= 0.3 is 5.97 Å². The lowest BCUT2D eigenvalue weighted by Gasteiger charge is -2.37. The van der Waals surface area contributed by atoms with Crippen molar-refractivity contribution >= 4 is 11.9 Å². The molecule has 1 atom stereocenters. The molecule has 2 rings (SSSR count). The quantitative estimate of drug-likeness (QED) is 0.864. The number of terminal acetylenes is 1. The summed E-state index contributed by atoms with van der Waals surface area (Å²) >= 11 is 0. The minimum absolute atomic E-state index is 0.157. The van der Waals surface area contributed by atoms with E-state index in [9.17, 15) is 14.7 Å². The van der Waals surface area contributed by atoms with Crippen molar-refractivity contribution in [3.05, 3.63) is 29.8 Å². The van der Waals surface area contributed by atoms with Crippen molar-refractivity contribution in [1.29, 1.82) is 0 Å². The molecule has 1 N–H and O–H groups in total. The highest BCUT2D eigenvalue weighted by Gasteiger charge is 2.39. The van der Waals surface area contributed by atoms with Crippen LogP contribution in [-0.4, -0.2) is 41.6 Å². The highest BCUT2D eigenvalue weighted by Crippen LogP contribution is 2.30. The number of amides is 1. The molecular weight excluding hydrogens is 282 g/mol. The van der Waals surface area contributed by atoms with Gasteiger partial charge in [-0.05, 0) is 44.0 Å².